The number of nitrogens with one attached hydrogen (secondary N) is 3. The van der Waals surface area contributed by atoms with Crippen LogP contribution in [0.5, 0.6) is 0 Å². The second-order valence-electron chi connectivity index (χ2n) is 6.03. The summed E-state index contributed by atoms with van der Waals surface area (Å²) < 4.78 is 0. The highest BCUT2D eigenvalue weighted by atomic mass is 16.6. The van der Waals surface area contributed by atoms with Crippen molar-refractivity contribution in [2.75, 3.05) is 48.0 Å². The van der Waals surface area contributed by atoms with Crippen LogP contribution in [0.15, 0.2) is 24.3 Å². The van der Waals surface area contributed by atoms with Gasteiger partial charge in [-0.2, -0.15) is 0 Å². The highest BCUT2D eigenvalue weighted by Gasteiger charge is 2.24. The van der Waals surface area contributed by atoms with E-state index in [1.807, 2.05) is 0 Å². The number of hydrogen-bond acceptors (Lipinski definition) is 10. The molecule has 156 valence electrons. The Morgan fingerprint density at radius 1 is 0.966 bits per heavy atom. The lowest BCUT2D eigenvalue weighted by atomic mass is 10.1. The van der Waals surface area contributed by atoms with Gasteiger partial charge >= 0.3 is 0 Å². The summed E-state index contributed by atoms with van der Waals surface area (Å²) >= 11 is 0. The van der Waals surface area contributed by atoms with E-state index in [4.69, 9.17) is 15.9 Å². The molecule has 0 saturated carbocycles. The van der Waals surface area contributed by atoms with Crippen molar-refractivity contribution in [2.24, 2.45) is 0 Å². The molecular weight excluding hydrogens is 384 g/mol. The number of rotatable bonds is 10. The second-order valence-corrected chi connectivity index (χ2v) is 6.03. The Kier molecular flexibility index (Phi) is 7.11. The van der Waals surface area contributed by atoms with Crippen LogP contribution in [-0.4, -0.2) is 46.4 Å². The number of nitrogens with zero attached hydrogens (tertiary/aromatic N) is 2. The van der Waals surface area contributed by atoms with Crippen molar-refractivity contribution in [1.82, 2.24) is 0 Å². The quantitative estimate of drug-likeness (QED) is 0.193. The highest BCUT2D eigenvalue weighted by molar-refractivity contribution is 5.90. The lowest BCUT2D eigenvalue weighted by molar-refractivity contribution is -0.384. The molecule has 0 aliphatic rings. The third kappa shape index (κ3) is 5.00. The van der Waals surface area contributed by atoms with Gasteiger partial charge in [0.25, 0.3) is 11.4 Å². The van der Waals surface area contributed by atoms with Gasteiger partial charge < -0.3 is 31.9 Å². The van der Waals surface area contributed by atoms with Gasteiger partial charge in [-0.25, -0.2) is 0 Å². The number of nitro benzene ring substituents is 2. The SMILES string of the molecule is Cc1c(NCCO)cc([N+](=O)[O-])c(Nc2ccc(N)c([N+](=O)[O-])c2)c1NCCO. The van der Waals surface area contributed by atoms with Gasteiger partial charge in [0.1, 0.15) is 11.4 Å². The Labute approximate surface area is 165 Å². The Morgan fingerprint density at radius 2 is 1.59 bits per heavy atom. The van der Waals surface area contributed by atoms with E-state index in [2.05, 4.69) is 16.0 Å². The summed E-state index contributed by atoms with van der Waals surface area (Å²) in [5, 5.41) is 49.7. The zero-order chi connectivity index (χ0) is 21.6. The lowest BCUT2D eigenvalue weighted by Gasteiger charge is -2.19. The van der Waals surface area contributed by atoms with Crippen LogP contribution in [-0.2, 0) is 0 Å². The van der Waals surface area contributed by atoms with E-state index in [9.17, 15) is 20.2 Å². The fourth-order valence-corrected chi connectivity index (χ4v) is 2.74. The summed E-state index contributed by atoms with van der Waals surface area (Å²) in [6.45, 7) is 1.64. The molecule has 12 heteroatoms. The Balaban J connectivity index is 2.61. The van der Waals surface area contributed by atoms with Crippen LogP contribution < -0.4 is 21.7 Å². The van der Waals surface area contributed by atoms with Gasteiger partial charge in [0.2, 0.25) is 0 Å². The second kappa shape index (κ2) is 9.52. The molecule has 0 aliphatic carbocycles. The number of anilines is 5. The molecule has 0 unspecified atom stereocenters. The molecule has 0 aliphatic heterocycles. The first-order chi connectivity index (χ1) is 13.8. The molecule has 0 fully saturated rings. The molecule has 0 amide bonds. The third-order valence-corrected chi connectivity index (χ3v) is 4.10. The Hall–Kier alpha value is -3.64. The first-order valence-electron chi connectivity index (χ1n) is 8.62. The molecule has 2 rings (SSSR count). The monoisotopic (exact) mass is 406 g/mol. The average molecular weight is 406 g/mol. The smallest absolute Gasteiger partial charge is 0.296 e. The van der Waals surface area contributed by atoms with Gasteiger partial charge in [0.05, 0.1) is 28.7 Å². The van der Waals surface area contributed by atoms with E-state index in [1.54, 1.807) is 6.92 Å². The third-order valence-electron chi connectivity index (χ3n) is 4.10. The van der Waals surface area contributed by atoms with Crippen LogP contribution in [0.4, 0.5) is 39.8 Å². The van der Waals surface area contributed by atoms with E-state index in [0.29, 0.717) is 16.9 Å². The van der Waals surface area contributed by atoms with E-state index in [1.165, 1.54) is 24.3 Å². The summed E-state index contributed by atoms with van der Waals surface area (Å²) in [5.74, 6) is 0. The lowest BCUT2D eigenvalue weighted by Crippen LogP contribution is -2.13. The molecule has 12 nitrogen and oxygen atoms in total. The van der Waals surface area contributed by atoms with Crippen molar-refractivity contribution >= 4 is 39.8 Å². The fraction of sp³-hybridized carbons (Fsp3) is 0.294. The van der Waals surface area contributed by atoms with Crippen LogP contribution in [0.1, 0.15) is 5.56 Å². The molecule has 0 aromatic heterocycles. The van der Waals surface area contributed by atoms with Gasteiger partial charge in [0, 0.05) is 36.6 Å². The summed E-state index contributed by atoms with van der Waals surface area (Å²) in [7, 11) is 0. The van der Waals surface area contributed by atoms with Crippen molar-refractivity contribution in [3.05, 3.63) is 50.1 Å². The number of benzene rings is 2. The number of nitrogen functional groups attached to an aromatic ring is 1. The molecule has 2 aromatic carbocycles. The van der Waals surface area contributed by atoms with Crippen LogP contribution in [0.2, 0.25) is 0 Å². The van der Waals surface area contributed by atoms with Crippen LogP contribution in [0.3, 0.4) is 0 Å². The first-order valence-corrected chi connectivity index (χ1v) is 8.62. The molecule has 0 atom stereocenters. The number of aliphatic hydroxyl groups excluding tert-OH is 2. The first kappa shape index (κ1) is 21.7. The maximum Gasteiger partial charge on any atom is 0.296 e. The molecule has 0 spiro atoms. The highest BCUT2D eigenvalue weighted by Crippen LogP contribution is 2.42. The van der Waals surface area contributed by atoms with Crippen LogP contribution in [0.25, 0.3) is 0 Å². The van der Waals surface area contributed by atoms with Gasteiger partial charge in [-0.1, -0.05) is 0 Å². The average Bonchev–Trinajstić information content (AvgIpc) is 2.68. The molecular formula is C17H22N6O6. The summed E-state index contributed by atoms with van der Waals surface area (Å²) in [4.78, 5) is 21.6. The predicted molar refractivity (Wildman–Crippen MR) is 110 cm³/mol. The van der Waals surface area contributed by atoms with Crippen molar-refractivity contribution in [3.63, 3.8) is 0 Å². The summed E-state index contributed by atoms with van der Waals surface area (Å²) in [6.07, 6.45) is 0. The molecule has 0 heterocycles. The van der Waals surface area contributed by atoms with Crippen LogP contribution in [0, 0.1) is 27.2 Å². The maximum atomic E-state index is 11.7. The molecule has 0 saturated heterocycles. The topological polar surface area (TPSA) is 189 Å². The minimum Gasteiger partial charge on any atom is -0.395 e. The van der Waals surface area contributed by atoms with Gasteiger partial charge in [-0.3, -0.25) is 20.2 Å². The van der Waals surface area contributed by atoms with Gasteiger partial charge in [0.15, 0.2) is 0 Å². The molecule has 2 aromatic rings. The van der Waals surface area contributed by atoms with Crippen molar-refractivity contribution in [1.29, 1.82) is 0 Å². The minimum absolute atomic E-state index is 0.0339. The van der Waals surface area contributed by atoms with Crippen molar-refractivity contribution < 1.29 is 20.1 Å². The minimum atomic E-state index is -0.646. The maximum absolute atomic E-state index is 11.7. The normalized spacial score (nSPS) is 10.4. The molecule has 29 heavy (non-hydrogen) atoms. The van der Waals surface area contributed by atoms with Crippen LogP contribution >= 0.6 is 0 Å². The molecule has 0 bridgehead atoms. The van der Waals surface area contributed by atoms with E-state index >= 15 is 0 Å². The van der Waals surface area contributed by atoms with E-state index in [0.717, 1.165) is 0 Å². The predicted octanol–water partition coefficient (Wildman–Crippen LogP) is 1.95. The number of nitrogens with two attached hydrogens (primary N) is 1. The van der Waals surface area contributed by atoms with E-state index in [-0.39, 0.29) is 54.7 Å². The van der Waals surface area contributed by atoms with Gasteiger partial charge in [-0.15, -0.1) is 0 Å². The molecule has 0 radical (unpaired) electrons. The zero-order valence-corrected chi connectivity index (χ0v) is 15.6. The Bertz CT molecular complexity index is 920. The molecule has 7 N–H and O–H groups in total. The number of aliphatic hydroxyl groups is 2. The summed E-state index contributed by atoms with van der Waals surface area (Å²) in [6, 6.07) is 5.29. The zero-order valence-electron chi connectivity index (χ0n) is 15.6. The van der Waals surface area contributed by atoms with Crippen molar-refractivity contribution in [3.8, 4) is 0 Å². The summed E-state index contributed by atoms with van der Waals surface area (Å²) in [5.41, 5.74) is 6.62. The fourth-order valence-electron chi connectivity index (χ4n) is 2.74. The van der Waals surface area contributed by atoms with E-state index < -0.39 is 9.85 Å². The number of hydrogen-bond donors (Lipinski definition) is 6. The largest absolute Gasteiger partial charge is 0.395 e. The van der Waals surface area contributed by atoms with Gasteiger partial charge in [-0.05, 0) is 24.6 Å². The standard InChI is InChI=1S/C17H22N6O6/c1-10-13(19-4-6-24)9-15(23(28)29)17(16(10)20-5-7-25)21-11-2-3-12(18)14(8-11)22(26)27/h2-3,8-9,19-21,24-25H,4-7,18H2,1H3. The van der Waals surface area contributed by atoms with Crippen molar-refractivity contribution in [2.45, 2.75) is 6.92 Å². The number of nitro groups is 2. The Morgan fingerprint density at radius 3 is 2.17 bits per heavy atom.